The second-order valence-corrected chi connectivity index (χ2v) is 5.20. The summed E-state index contributed by atoms with van der Waals surface area (Å²) in [6.45, 7) is 3.39. The van der Waals surface area contributed by atoms with E-state index < -0.39 is 17.8 Å². The van der Waals surface area contributed by atoms with E-state index in [4.69, 9.17) is 5.11 Å². The van der Waals surface area contributed by atoms with Crippen LogP contribution in [0.25, 0.3) is 0 Å². The first-order valence-corrected chi connectivity index (χ1v) is 6.64. The molecule has 0 aliphatic heterocycles. The van der Waals surface area contributed by atoms with Crippen LogP contribution in [-0.4, -0.2) is 22.2 Å². The first-order chi connectivity index (χ1) is 10.3. The number of rotatable bonds is 4. The molecule has 2 aromatic rings. The lowest BCUT2D eigenvalue weighted by Crippen LogP contribution is -2.09. The summed E-state index contributed by atoms with van der Waals surface area (Å²) in [6.07, 6.45) is 0.0967. The van der Waals surface area contributed by atoms with Crippen LogP contribution in [0.5, 0.6) is 0 Å². The van der Waals surface area contributed by atoms with Gasteiger partial charge in [-0.15, -0.1) is 0 Å². The molecule has 0 saturated heterocycles. The van der Waals surface area contributed by atoms with Crippen LogP contribution in [-0.2, 0) is 6.42 Å². The molecule has 0 atom stereocenters. The van der Waals surface area contributed by atoms with Crippen molar-refractivity contribution in [3.8, 4) is 0 Å². The van der Waals surface area contributed by atoms with Gasteiger partial charge in [-0.1, -0.05) is 12.1 Å². The number of carboxylic acids is 2. The third-order valence-electron chi connectivity index (χ3n) is 3.53. The largest absolute Gasteiger partial charge is 0.478 e. The van der Waals surface area contributed by atoms with E-state index in [2.05, 4.69) is 0 Å². The zero-order valence-corrected chi connectivity index (χ0v) is 12.2. The van der Waals surface area contributed by atoms with Crippen LogP contribution in [0.3, 0.4) is 0 Å². The monoisotopic (exact) mass is 302 g/mol. The summed E-state index contributed by atoms with van der Waals surface area (Å²) in [7, 11) is 0. The number of carbonyl (C=O) groups is 2. The molecule has 2 aromatic carbocycles. The molecule has 114 valence electrons. The van der Waals surface area contributed by atoms with E-state index in [9.17, 15) is 19.1 Å². The molecule has 0 saturated carbocycles. The lowest BCUT2D eigenvalue weighted by molar-refractivity contribution is 0.0695. The highest BCUT2D eigenvalue weighted by Crippen LogP contribution is 2.23. The second-order valence-electron chi connectivity index (χ2n) is 5.20. The zero-order valence-electron chi connectivity index (χ0n) is 12.2. The summed E-state index contributed by atoms with van der Waals surface area (Å²) in [6, 6.07) is 7.26. The van der Waals surface area contributed by atoms with Crippen molar-refractivity contribution < 1.29 is 24.2 Å². The number of halogens is 1. The van der Waals surface area contributed by atoms with Gasteiger partial charge in [0.2, 0.25) is 0 Å². The van der Waals surface area contributed by atoms with Gasteiger partial charge in [0.1, 0.15) is 5.82 Å². The molecule has 0 spiro atoms. The van der Waals surface area contributed by atoms with Crippen molar-refractivity contribution in [1.82, 2.24) is 0 Å². The molecule has 22 heavy (non-hydrogen) atoms. The minimum Gasteiger partial charge on any atom is -0.478 e. The van der Waals surface area contributed by atoms with Crippen molar-refractivity contribution in [2.75, 3.05) is 0 Å². The Kier molecular flexibility index (Phi) is 4.26. The van der Waals surface area contributed by atoms with E-state index in [1.54, 1.807) is 26.0 Å². The van der Waals surface area contributed by atoms with Crippen LogP contribution in [0.2, 0.25) is 0 Å². The smallest absolute Gasteiger partial charge is 0.336 e. The first kappa shape index (κ1) is 15.7. The number of aryl methyl sites for hydroxylation is 2. The molecular formula is C17H15FO4. The fourth-order valence-electron chi connectivity index (χ4n) is 2.35. The molecule has 5 heteroatoms. The van der Waals surface area contributed by atoms with Crippen molar-refractivity contribution in [2.45, 2.75) is 20.3 Å². The van der Waals surface area contributed by atoms with Gasteiger partial charge >= 0.3 is 11.9 Å². The summed E-state index contributed by atoms with van der Waals surface area (Å²) in [5.74, 6) is -2.83. The molecule has 0 aliphatic rings. The average Bonchev–Trinajstić information content (AvgIpc) is 2.42. The zero-order chi connectivity index (χ0) is 16.4. The van der Waals surface area contributed by atoms with E-state index in [1.165, 1.54) is 12.1 Å². The number of carboxylic acid groups (broad SMARTS) is 2. The highest BCUT2D eigenvalue weighted by atomic mass is 19.1. The van der Waals surface area contributed by atoms with Crippen LogP contribution >= 0.6 is 0 Å². The molecule has 0 aliphatic carbocycles. The van der Waals surface area contributed by atoms with Crippen LogP contribution in [0, 0.1) is 19.7 Å². The van der Waals surface area contributed by atoms with Gasteiger partial charge in [0.05, 0.1) is 11.1 Å². The molecule has 0 aromatic heterocycles. The van der Waals surface area contributed by atoms with Crippen LogP contribution < -0.4 is 0 Å². The average molecular weight is 302 g/mol. The Morgan fingerprint density at radius 3 is 2.27 bits per heavy atom. The van der Waals surface area contributed by atoms with Gasteiger partial charge in [0.15, 0.2) is 0 Å². The minimum absolute atomic E-state index is 0.0944. The molecule has 0 unspecified atom stereocenters. The highest BCUT2D eigenvalue weighted by Gasteiger charge is 2.18. The van der Waals surface area contributed by atoms with E-state index in [1.807, 2.05) is 0 Å². The summed E-state index contributed by atoms with van der Waals surface area (Å²) in [5.41, 5.74) is 1.87. The van der Waals surface area contributed by atoms with E-state index >= 15 is 0 Å². The van der Waals surface area contributed by atoms with Gasteiger partial charge in [0.25, 0.3) is 0 Å². The first-order valence-electron chi connectivity index (χ1n) is 6.64. The van der Waals surface area contributed by atoms with E-state index in [0.29, 0.717) is 16.7 Å². The third-order valence-corrected chi connectivity index (χ3v) is 3.53. The maximum absolute atomic E-state index is 14.0. The van der Waals surface area contributed by atoms with Crippen molar-refractivity contribution in [2.24, 2.45) is 0 Å². The fourth-order valence-corrected chi connectivity index (χ4v) is 2.35. The second kappa shape index (κ2) is 5.97. The number of hydrogen-bond donors (Lipinski definition) is 2. The predicted octanol–water partition coefficient (Wildman–Crippen LogP) is 3.43. The normalized spacial score (nSPS) is 10.5. The summed E-state index contributed by atoms with van der Waals surface area (Å²) >= 11 is 0. The molecule has 0 heterocycles. The molecular weight excluding hydrogens is 287 g/mol. The predicted molar refractivity (Wildman–Crippen MR) is 79.0 cm³/mol. The van der Waals surface area contributed by atoms with Crippen molar-refractivity contribution in [1.29, 1.82) is 0 Å². The SMILES string of the molecule is Cc1ccc(Cc2c(C)cc(C(=O)O)cc2C(=O)O)c(F)c1. The summed E-state index contributed by atoms with van der Waals surface area (Å²) in [4.78, 5) is 22.4. The Hall–Kier alpha value is -2.69. The van der Waals surface area contributed by atoms with Crippen LogP contribution in [0.1, 0.15) is 43.0 Å². The number of aromatic carboxylic acids is 2. The molecule has 0 bridgehead atoms. The molecule has 4 nitrogen and oxygen atoms in total. The maximum atomic E-state index is 14.0. The lowest BCUT2D eigenvalue weighted by atomic mass is 9.92. The fraction of sp³-hybridized carbons (Fsp3) is 0.176. The highest BCUT2D eigenvalue weighted by molar-refractivity contribution is 5.95. The molecule has 2 rings (SSSR count). The van der Waals surface area contributed by atoms with Crippen LogP contribution in [0.15, 0.2) is 30.3 Å². The quantitative estimate of drug-likeness (QED) is 0.907. The number of hydrogen-bond acceptors (Lipinski definition) is 2. The maximum Gasteiger partial charge on any atom is 0.336 e. The molecule has 2 N–H and O–H groups in total. The van der Waals surface area contributed by atoms with Crippen LogP contribution in [0.4, 0.5) is 4.39 Å². The van der Waals surface area contributed by atoms with Crippen molar-refractivity contribution >= 4 is 11.9 Å². The molecule has 0 radical (unpaired) electrons. The van der Waals surface area contributed by atoms with Gasteiger partial charge in [-0.05, 0) is 54.3 Å². The standard InChI is InChI=1S/C17H15FO4/c1-9-3-4-11(15(18)5-9)7-13-10(2)6-12(16(19)20)8-14(13)17(21)22/h3-6,8H,7H2,1-2H3,(H,19,20)(H,21,22). The topological polar surface area (TPSA) is 74.6 Å². The Bertz CT molecular complexity index is 765. The Morgan fingerprint density at radius 1 is 1.05 bits per heavy atom. The van der Waals surface area contributed by atoms with Gasteiger partial charge < -0.3 is 10.2 Å². The van der Waals surface area contributed by atoms with E-state index in [-0.39, 0.29) is 17.5 Å². The van der Waals surface area contributed by atoms with Crippen molar-refractivity contribution in [3.05, 3.63) is 69.5 Å². The summed E-state index contributed by atoms with van der Waals surface area (Å²) < 4.78 is 14.0. The Balaban J connectivity index is 2.54. The summed E-state index contributed by atoms with van der Waals surface area (Å²) in [5, 5.41) is 18.3. The lowest BCUT2D eigenvalue weighted by Gasteiger charge is -2.12. The van der Waals surface area contributed by atoms with Gasteiger partial charge in [0, 0.05) is 6.42 Å². The van der Waals surface area contributed by atoms with Crippen molar-refractivity contribution in [3.63, 3.8) is 0 Å². The Labute approximate surface area is 126 Å². The Morgan fingerprint density at radius 2 is 1.73 bits per heavy atom. The number of benzene rings is 2. The molecule has 0 amide bonds. The van der Waals surface area contributed by atoms with Gasteiger partial charge in [-0.3, -0.25) is 0 Å². The van der Waals surface area contributed by atoms with Gasteiger partial charge in [-0.25, -0.2) is 14.0 Å². The molecule has 0 fully saturated rings. The third kappa shape index (κ3) is 3.14. The minimum atomic E-state index is -1.23. The van der Waals surface area contributed by atoms with Gasteiger partial charge in [-0.2, -0.15) is 0 Å². The van der Waals surface area contributed by atoms with E-state index in [0.717, 1.165) is 11.6 Å².